The lowest BCUT2D eigenvalue weighted by Crippen LogP contribution is -2.30. The minimum atomic E-state index is 0.973. The fourth-order valence-corrected chi connectivity index (χ4v) is 4.75. The van der Waals surface area contributed by atoms with Gasteiger partial charge in [0.15, 0.2) is 5.65 Å². The number of hydrogen-bond acceptors (Lipinski definition) is 3. The van der Waals surface area contributed by atoms with Gasteiger partial charge in [-0.2, -0.15) is 0 Å². The van der Waals surface area contributed by atoms with Crippen molar-refractivity contribution in [2.75, 3.05) is 19.6 Å². The standard InChI is InChI=1S/C25H30N4/c1(8-16-28-17-9-3-10-18-28)2-11-19-29-23-15-7-4-12-20(23)24-25(29)27-22-14-6-5-13-21(22)26-24/h4-7,12-15H,1-3,8-11,16-19H2. The SMILES string of the molecule is c1ccc2nc3c(nc2c1)c1ccccc1n3CCCCCCN1CCCCC1. The number of rotatable bonds is 7. The van der Waals surface area contributed by atoms with Crippen LogP contribution in [0.5, 0.6) is 0 Å². The molecular formula is C25H30N4. The molecule has 29 heavy (non-hydrogen) atoms. The molecule has 0 N–H and O–H groups in total. The highest BCUT2D eigenvalue weighted by molar-refractivity contribution is 6.06. The van der Waals surface area contributed by atoms with Gasteiger partial charge in [-0.3, -0.25) is 0 Å². The number of nitrogens with zero attached hydrogens (tertiary/aromatic N) is 4. The Morgan fingerprint density at radius 2 is 1.38 bits per heavy atom. The van der Waals surface area contributed by atoms with Crippen molar-refractivity contribution in [3.63, 3.8) is 0 Å². The quantitative estimate of drug-likeness (QED) is 0.377. The summed E-state index contributed by atoms with van der Waals surface area (Å²) in [5.74, 6) is 0. The monoisotopic (exact) mass is 386 g/mol. The van der Waals surface area contributed by atoms with Crippen molar-refractivity contribution in [1.29, 1.82) is 0 Å². The molecule has 2 aromatic carbocycles. The van der Waals surface area contributed by atoms with Crippen molar-refractivity contribution in [2.45, 2.75) is 51.5 Å². The van der Waals surface area contributed by atoms with Crippen LogP contribution in [0.1, 0.15) is 44.9 Å². The van der Waals surface area contributed by atoms with Crippen molar-refractivity contribution in [2.24, 2.45) is 0 Å². The van der Waals surface area contributed by atoms with Crippen LogP contribution in [0, 0.1) is 0 Å². The number of benzene rings is 2. The lowest BCUT2D eigenvalue weighted by molar-refractivity contribution is 0.224. The van der Waals surface area contributed by atoms with Crippen molar-refractivity contribution in [1.82, 2.24) is 19.4 Å². The normalized spacial score (nSPS) is 15.6. The smallest absolute Gasteiger partial charge is 0.160 e. The van der Waals surface area contributed by atoms with Gasteiger partial charge in [0.05, 0.1) is 16.6 Å². The molecule has 0 unspecified atom stereocenters. The van der Waals surface area contributed by atoms with Crippen LogP contribution in [0.2, 0.25) is 0 Å². The van der Waals surface area contributed by atoms with E-state index >= 15 is 0 Å². The molecule has 0 saturated carbocycles. The third kappa shape index (κ3) is 3.86. The highest BCUT2D eigenvalue weighted by atomic mass is 15.1. The molecule has 3 heterocycles. The predicted molar refractivity (Wildman–Crippen MR) is 121 cm³/mol. The van der Waals surface area contributed by atoms with Crippen LogP contribution in [-0.2, 0) is 6.54 Å². The number of piperidine rings is 1. The molecule has 0 amide bonds. The molecule has 1 saturated heterocycles. The zero-order valence-electron chi connectivity index (χ0n) is 17.2. The highest BCUT2D eigenvalue weighted by Crippen LogP contribution is 2.28. The molecule has 0 radical (unpaired) electrons. The van der Waals surface area contributed by atoms with Gasteiger partial charge in [-0.05, 0) is 63.5 Å². The van der Waals surface area contributed by atoms with E-state index < -0.39 is 0 Å². The van der Waals surface area contributed by atoms with Crippen LogP contribution in [-0.4, -0.2) is 39.1 Å². The zero-order valence-corrected chi connectivity index (χ0v) is 17.2. The fraction of sp³-hybridized carbons (Fsp3) is 0.440. The molecule has 1 aliphatic rings. The molecule has 4 heteroatoms. The summed E-state index contributed by atoms with van der Waals surface area (Å²) in [6, 6.07) is 16.8. The predicted octanol–water partition coefficient (Wildman–Crippen LogP) is 5.78. The first-order valence-electron chi connectivity index (χ1n) is 11.3. The topological polar surface area (TPSA) is 34.0 Å². The number of likely N-dealkylation sites (tertiary alicyclic amines) is 1. The maximum atomic E-state index is 4.98. The first-order valence-corrected chi connectivity index (χ1v) is 11.3. The summed E-state index contributed by atoms with van der Waals surface area (Å²) in [4.78, 5) is 12.6. The molecule has 0 aliphatic carbocycles. The number of hydrogen-bond donors (Lipinski definition) is 0. The van der Waals surface area contributed by atoms with E-state index in [1.165, 1.54) is 75.5 Å². The summed E-state index contributed by atoms with van der Waals surface area (Å²) in [6.45, 7) is 4.93. The average Bonchev–Trinajstić information content (AvgIpc) is 3.08. The second-order valence-electron chi connectivity index (χ2n) is 8.37. The summed E-state index contributed by atoms with van der Waals surface area (Å²) < 4.78 is 2.38. The van der Waals surface area contributed by atoms with E-state index in [1.807, 2.05) is 12.1 Å². The van der Waals surface area contributed by atoms with Crippen LogP contribution in [0.3, 0.4) is 0 Å². The van der Waals surface area contributed by atoms with E-state index in [4.69, 9.17) is 9.97 Å². The average molecular weight is 387 g/mol. The lowest BCUT2D eigenvalue weighted by Gasteiger charge is -2.26. The van der Waals surface area contributed by atoms with Crippen molar-refractivity contribution in [3.8, 4) is 0 Å². The maximum Gasteiger partial charge on any atom is 0.160 e. The first-order chi connectivity index (χ1) is 14.4. The Balaban J connectivity index is 1.30. The molecular weight excluding hydrogens is 356 g/mol. The second kappa shape index (κ2) is 8.50. The molecule has 0 bridgehead atoms. The first kappa shape index (κ1) is 18.6. The minimum absolute atomic E-state index is 0.973. The number of aryl methyl sites for hydroxylation is 1. The van der Waals surface area contributed by atoms with Gasteiger partial charge in [0.2, 0.25) is 0 Å². The summed E-state index contributed by atoms with van der Waals surface area (Å²) in [5.41, 5.74) is 5.26. The van der Waals surface area contributed by atoms with Gasteiger partial charge in [0, 0.05) is 11.9 Å². The fourth-order valence-electron chi connectivity index (χ4n) is 4.75. The molecule has 0 atom stereocenters. The number of aromatic nitrogens is 3. The van der Waals surface area contributed by atoms with Crippen LogP contribution in [0.4, 0.5) is 0 Å². The Morgan fingerprint density at radius 1 is 0.690 bits per heavy atom. The zero-order chi connectivity index (χ0) is 19.5. The van der Waals surface area contributed by atoms with E-state index in [0.717, 1.165) is 28.7 Å². The van der Waals surface area contributed by atoms with Gasteiger partial charge in [-0.15, -0.1) is 0 Å². The molecule has 4 nitrogen and oxygen atoms in total. The summed E-state index contributed by atoms with van der Waals surface area (Å²) in [7, 11) is 0. The van der Waals surface area contributed by atoms with E-state index in [1.54, 1.807) is 0 Å². The summed E-state index contributed by atoms with van der Waals surface area (Å²) in [5, 5.41) is 1.21. The number of para-hydroxylation sites is 3. The molecule has 1 aliphatic heterocycles. The third-order valence-corrected chi connectivity index (χ3v) is 6.31. The van der Waals surface area contributed by atoms with Gasteiger partial charge in [-0.25, -0.2) is 9.97 Å². The molecule has 2 aromatic heterocycles. The van der Waals surface area contributed by atoms with Gasteiger partial charge in [-0.1, -0.05) is 49.6 Å². The van der Waals surface area contributed by atoms with E-state index in [0.29, 0.717) is 0 Å². The van der Waals surface area contributed by atoms with Crippen LogP contribution in [0.25, 0.3) is 33.1 Å². The van der Waals surface area contributed by atoms with Crippen molar-refractivity contribution >= 4 is 33.1 Å². The third-order valence-electron chi connectivity index (χ3n) is 6.31. The second-order valence-corrected chi connectivity index (χ2v) is 8.37. The summed E-state index contributed by atoms with van der Waals surface area (Å²) in [6.07, 6.45) is 9.34. The lowest BCUT2D eigenvalue weighted by atomic mass is 10.1. The van der Waals surface area contributed by atoms with E-state index in [2.05, 4.69) is 45.9 Å². The molecule has 0 spiro atoms. The van der Waals surface area contributed by atoms with Gasteiger partial charge in [0.1, 0.15) is 5.52 Å². The van der Waals surface area contributed by atoms with Crippen LogP contribution in [0.15, 0.2) is 48.5 Å². The minimum Gasteiger partial charge on any atom is -0.324 e. The van der Waals surface area contributed by atoms with Crippen LogP contribution >= 0.6 is 0 Å². The van der Waals surface area contributed by atoms with Crippen molar-refractivity contribution in [3.05, 3.63) is 48.5 Å². The van der Waals surface area contributed by atoms with Crippen LogP contribution < -0.4 is 0 Å². The number of unbranched alkanes of at least 4 members (excludes halogenated alkanes) is 3. The Hall–Kier alpha value is -2.46. The summed E-state index contributed by atoms with van der Waals surface area (Å²) >= 11 is 0. The maximum absolute atomic E-state index is 4.98. The van der Waals surface area contributed by atoms with Gasteiger partial charge >= 0.3 is 0 Å². The Bertz CT molecular complexity index is 1110. The Labute approximate surface area is 172 Å². The Morgan fingerprint density at radius 3 is 2.21 bits per heavy atom. The molecule has 4 aromatic rings. The van der Waals surface area contributed by atoms with Crippen molar-refractivity contribution < 1.29 is 0 Å². The molecule has 1 fully saturated rings. The largest absolute Gasteiger partial charge is 0.324 e. The highest BCUT2D eigenvalue weighted by Gasteiger charge is 2.14. The molecule has 150 valence electrons. The number of fused-ring (bicyclic) bond motifs is 4. The van der Waals surface area contributed by atoms with Gasteiger partial charge < -0.3 is 9.47 Å². The van der Waals surface area contributed by atoms with Gasteiger partial charge in [0.25, 0.3) is 0 Å². The Kier molecular flexibility index (Phi) is 5.44. The molecule has 5 rings (SSSR count). The van der Waals surface area contributed by atoms with E-state index in [9.17, 15) is 0 Å². The van der Waals surface area contributed by atoms with E-state index in [-0.39, 0.29) is 0 Å².